The molecular weight excluding hydrogens is 238 g/mol. The first-order chi connectivity index (χ1) is 6.15. The first kappa shape index (κ1) is 10.2. The van der Waals surface area contributed by atoms with Gasteiger partial charge < -0.3 is 4.74 Å². The Morgan fingerprint density at radius 2 is 2.54 bits per heavy atom. The molecule has 0 aromatic carbocycles. The van der Waals surface area contributed by atoms with Crippen LogP contribution in [0.5, 0.6) is 0 Å². The number of esters is 1. The van der Waals surface area contributed by atoms with Crippen LogP contribution in [0.15, 0.2) is 11.1 Å². The van der Waals surface area contributed by atoms with Crippen LogP contribution in [-0.4, -0.2) is 27.3 Å². The highest BCUT2D eigenvalue weighted by molar-refractivity contribution is 9.10. The summed E-state index contributed by atoms with van der Waals surface area (Å²) in [6.45, 7) is 3.85. The van der Waals surface area contributed by atoms with Gasteiger partial charge in [-0.1, -0.05) is 0 Å². The summed E-state index contributed by atoms with van der Waals surface area (Å²) in [6, 6.07) is -0.432. The number of hydrogen-bond donors (Lipinski definition) is 0. The van der Waals surface area contributed by atoms with E-state index in [1.807, 2.05) is 0 Å². The Kier molecular flexibility index (Phi) is 3.41. The molecule has 1 aromatic heterocycles. The molecule has 0 spiro atoms. The molecule has 0 saturated heterocycles. The van der Waals surface area contributed by atoms with Crippen LogP contribution in [-0.2, 0) is 9.53 Å². The van der Waals surface area contributed by atoms with Gasteiger partial charge in [0, 0.05) is 0 Å². The highest BCUT2D eigenvalue weighted by Crippen LogP contribution is 2.08. The van der Waals surface area contributed by atoms with Gasteiger partial charge >= 0.3 is 5.97 Å². The molecule has 72 valence electrons. The highest BCUT2D eigenvalue weighted by atomic mass is 79.9. The Bertz CT molecular complexity index is 300. The Morgan fingerprint density at radius 1 is 1.85 bits per heavy atom. The molecule has 1 heterocycles. The number of aromatic nitrogens is 3. The van der Waals surface area contributed by atoms with Crippen LogP contribution in [0.3, 0.4) is 0 Å². The maximum atomic E-state index is 11.2. The molecule has 0 saturated carbocycles. The van der Waals surface area contributed by atoms with Gasteiger partial charge in [-0.05, 0) is 29.8 Å². The van der Waals surface area contributed by atoms with Crippen molar-refractivity contribution in [1.82, 2.24) is 14.8 Å². The van der Waals surface area contributed by atoms with Crippen LogP contribution >= 0.6 is 15.9 Å². The fraction of sp³-hybridized carbons (Fsp3) is 0.571. The van der Waals surface area contributed by atoms with Crippen molar-refractivity contribution in [2.75, 3.05) is 6.61 Å². The van der Waals surface area contributed by atoms with Crippen molar-refractivity contribution in [3.8, 4) is 0 Å². The number of carbonyl (C=O) groups excluding carboxylic acids is 1. The lowest BCUT2D eigenvalue weighted by Crippen LogP contribution is -2.19. The summed E-state index contributed by atoms with van der Waals surface area (Å²) < 4.78 is 6.73. The average Bonchev–Trinajstić information content (AvgIpc) is 2.51. The standard InChI is InChI=1S/C7H10BrN3O2/c1-3-13-6(12)5(2)11-4-9-7(8)10-11/h4-5H,3H2,1-2H3/t5-/m0/s1. The van der Waals surface area contributed by atoms with Crippen LogP contribution in [0, 0.1) is 0 Å². The van der Waals surface area contributed by atoms with Crippen molar-refractivity contribution in [3.63, 3.8) is 0 Å². The minimum absolute atomic E-state index is 0.306. The van der Waals surface area contributed by atoms with E-state index in [1.165, 1.54) is 11.0 Å². The fourth-order valence-electron chi connectivity index (χ4n) is 0.811. The lowest BCUT2D eigenvalue weighted by Gasteiger charge is -2.09. The van der Waals surface area contributed by atoms with Crippen molar-refractivity contribution in [2.24, 2.45) is 0 Å². The van der Waals surface area contributed by atoms with Crippen molar-refractivity contribution < 1.29 is 9.53 Å². The first-order valence-electron chi connectivity index (χ1n) is 3.88. The molecule has 0 aliphatic carbocycles. The predicted molar refractivity (Wildman–Crippen MR) is 49.1 cm³/mol. The minimum atomic E-state index is -0.432. The number of rotatable bonds is 3. The van der Waals surface area contributed by atoms with Crippen molar-refractivity contribution in [1.29, 1.82) is 0 Å². The van der Waals surface area contributed by atoms with Gasteiger partial charge in [0.25, 0.3) is 0 Å². The largest absolute Gasteiger partial charge is 0.464 e. The third-order valence-electron chi connectivity index (χ3n) is 1.51. The summed E-state index contributed by atoms with van der Waals surface area (Å²) in [5.74, 6) is -0.306. The second-order valence-electron chi connectivity index (χ2n) is 2.42. The van der Waals surface area contributed by atoms with E-state index in [1.54, 1.807) is 13.8 Å². The summed E-state index contributed by atoms with van der Waals surface area (Å²) in [5, 5.41) is 3.94. The van der Waals surface area contributed by atoms with E-state index in [-0.39, 0.29) is 5.97 Å². The van der Waals surface area contributed by atoms with Gasteiger partial charge in [0.2, 0.25) is 4.73 Å². The highest BCUT2D eigenvalue weighted by Gasteiger charge is 2.16. The minimum Gasteiger partial charge on any atom is -0.464 e. The topological polar surface area (TPSA) is 57.0 Å². The summed E-state index contributed by atoms with van der Waals surface area (Å²) in [4.78, 5) is 15.1. The Labute approximate surface area is 84.2 Å². The van der Waals surface area contributed by atoms with Crippen LogP contribution < -0.4 is 0 Å². The van der Waals surface area contributed by atoms with Gasteiger partial charge in [0.15, 0.2) is 0 Å². The van der Waals surface area contributed by atoms with Crippen molar-refractivity contribution in [3.05, 3.63) is 11.1 Å². The monoisotopic (exact) mass is 247 g/mol. The molecule has 6 heteroatoms. The second-order valence-corrected chi connectivity index (χ2v) is 3.13. The fourth-order valence-corrected chi connectivity index (χ4v) is 1.09. The molecule has 1 rings (SSSR count). The average molecular weight is 248 g/mol. The number of nitrogens with zero attached hydrogens (tertiary/aromatic N) is 3. The normalized spacial score (nSPS) is 12.5. The summed E-state index contributed by atoms with van der Waals surface area (Å²) in [5.41, 5.74) is 0. The number of ether oxygens (including phenoxy) is 1. The zero-order chi connectivity index (χ0) is 9.84. The van der Waals surface area contributed by atoms with Crippen molar-refractivity contribution >= 4 is 21.9 Å². The lowest BCUT2D eigenvalue weighted by atomic mass is 10.3. The van der Waals surface area contributed by atoms with E-state index in [0.717, 1.165) is 0 Å². The third kappa shape index (κ3) is 2.51. The van der Waals surface area contributed by atoms with E-state index in [0.29, 0.717) is 11.3 Å². The second kappa shape index (κ2) is 4.36. The van der Waals surface area contributed by atoms with Crippen LogP contribution in [0.4, 0.5) is 0 Å². The molecule has 0 bridgehead atoms. The zero-order valence-electron chi connectivity index (χ0n) is 7.40. The molecule has 13 heavy (non-hydrogen) atoms. The molecule has 0 amide bonds. The van der Waals surface area contributed by atoms with Gasteiger partial charge in [-0.15, -0.1) is 5.10 Å². The molecule has 1 atom stereocenters. The van der Waals surface area contributed by atoms with Gasteiger partial charge in [-0.3, -0.25) is 0 Å². The smallest absolute Gasteiger partial charge is 0.330 e. The predicted octanol–water partition coefficient (Wildman–Crippen LogP) is 1.16. The quantitative estimate of drug-likeness (QED) is 0.753. The lowest BCUT2D eigenvalue weighted by molar-refractivity contribution is -0.146. The van der Waals surface area contributed by atoms with Gasteiger partial charge in [-0.25, -0.2) is 14.5 Å². The summed E-state index contributed by atoms with van der Waals surface area (Å²) in [7, 11) is 0. The molecule has 0 fully saturated rings. The van der Waals surface area contributed by atoms with E-state index in [4.69, 9.17) is 4.74 Å². The van der Waals surface area contributed by atoms with Gasteiger partial charge in [-0.2, -0.15) is 0 Å². The van der Waals surface area contributed by atoms with Gasteiger partial charge in [0.1, 0.15) is 12.4 Å². The molecular formula is C7H10BrN3O2. The first-order valence-corrected chi connectivity index (χ1v) is 4.67. The van der Waals surface area contributed by atoms with E-state index in [9.17, 15) is 4.79 Å². The molecule has 0 aliphatic rings. The maximum absolute atomic E-state index is 11.2. The Morgan fingerprint density at radius 3 is 3.00 bits per heavy atom. The molecule has 5 nitrogen and oxygen atoms in total. The van der Waals surface area contributed by atoms with Crippen molar-refractivity contribution in [2.45, 2.75) is 19.9 Å². The number of carbonyl (C=O) groups is 1. The van der Waals surface area contributed by atoms with Crippen LogP contribution in [0.25, 0.3) is 0 Å². The molecule has 0 radical (unpaired) electrons. The summed E-state index contributed by atoms with van der Waals surface area (Å²) >= 11 is 3.09. The Balaban J connectivity index is 2.67. The Hall–Kier alpha value is -0.910. The number of hydrogen-bond acceptors (Lipinski definition) is 4. The van der Waals surface area contributed by atoms with Crippen LogP contribution in [0.2, 0.25) is 0 Å². The molecule has 0 aliphatic heterocycles. The third-order valence-corrected chi connectivity index (χ3v) is 1.87. The van der Waals surface area contributed by atoms with E-state index in [2.05, 4.69) is 26.0 Å². The van der Waals surface area contributed by atoms with E-state index < -0.39 is 6.04 Å². The van der Waals surface area contributed by atoms with Crippen LogP contribution in [0.1, 0.15) is 19.9 Å². The number of halogens is 1. The SMILES string of the molecule is CCOC(=O)[C@H](C)n1cnc(Br)n1. The summed E-state index contributed by atoms with van der Waals surface area (Å²) in [6.07, 6.45) is 1.48. The molecule has 0 unspecified atom stereocenters. The molecule has 0 N–H and O–H groups in total. The zero-order valence-corrected chi connectivity index (χ0v) is 8.98. The van der Waals surface area contributed by atoms with E-state index >= 15 is 0 Å². The molecule has 1 aromatic rings. The maximum Gasteiger partial charge on any atom is 0.330 e. The van der Waals surface area contributed by atoms with Gasteiger partial charge in [0.05, 0.1) is 6.61 Å².